The number of carbonyl (C=O) groups is 3. The molecule has 0 aliphatic carbocycles. The fraction of sp³-hybridized carbons (Fsp3) is 0.522. The van der Waals surface area contributed by atoms with E-state index in [2.05, 4.69) is 24.9 Å². The third-order valence-corrected chi connectivity index (χ3v) is 13.4. The quantitative estimate of drug-likeness (QED) is 0.0849. The molecule has 8 heterocycles. The van der Waals surface area contributed by atoms with Crippen LogP contribution in [-0.4, -0.2) is 156 Å². The first-order valence-corrected chi connectivity index (χ1v) is 24.0. The van der Waals surface area contributed by atoms with Crippen LogP contribution in [0.3, 0.4) is 0 Å². The van der Waals surface area contributed by atoms with Crippen LogP contribution in [0.15, 0.2) is 60.8 Å². The lowest BCUT2D eigenvalue weighted by molar-refractivity contribution is -0.0238. The van der Waals surface area contributed by atoms with Crippen molar-refractivity contribution in [1.82, 2.24) is 29.5 Å². The Hall–Kier alpha value is -5.75. The molecule has 4 aliphatic rings. The van der Waals surface area contributed by atoms with Crippen molar-refractivity contribution in [2.24, 2.45) is 17.2 Å². The molecule has 1 aromatic carbocycles. The summed E-state index contributed by atoms with van der Waals surface area (Å²) in [5, 5.41) is 70.7. The van der Waals surface area contributed by atoms with Gasteiger partial charge in [0.05, 0.1) is 36.3 Å². The van der Waals surface area contributed by atoms with Crippen molar-refractivity contribution in [2.45, 2.75) is 151 Å². The highest BCUT2D eigenvalue weighted by Gasteiger charge is 2.47. The van der Waals surface area contributed by atoms with Crippen LogP contribution in [0.5, 0.6) is 0 Å². The van der Waals surface area contributed by atoms with Crippen molar-refractivity contribution in [3.05, 3.63) is 93.7 Å². The Bertz CT molecular complexity index is 2550. The van der Waals surface area contributed by atoms with Crippen LogP contribution < -0.4 is 22.9 Å². The van der Waals surface area contributed by atoms with Crippen LogP contribution in [0.25, 0.3) is 11.2 Å². The molecule has 0 spiro atoms. The number of nitrogens with two attached hydrogens (primary N) is 4. The number of nitrogens with zero attached hydrogens (tertiary/aromatic N) is 6. The summed E-state index contributed by atoms with van der Waals surface area (Å²) in [6, 6.07) is 8.12. The molecule has 392 valence electrons. The Morgan fingerprint density at radius 1 is 0.653 bits per heavy atom. The van der Waals surface area contributed by atoms with Crippen molar-refractivity contribution < 1.29 is 73.5 Å². The van der Waals surface area contributed by atoms with E-state index >= 15 is 0 Å². The number of primary amides is 3. The second-order valence-corrected chi connectivity index (χ2v) is 18.1. The molecule has 15 N–H and O–H groups in total. The Kier molecular flexibility index (Phi) is 18.8. The van der Waals surface area contributed by atoms with Crippen molar-refractivity contribution in [2.75, 3.05) is 5.73 Å². The standard InChI is InChI=1S/C13H17NO4.C12H16N2O4.C11H14FN5O2.C10H14N2O4S/c1-2-9-10(15)11(16)12(18-9)7-4-3-5-8(6-7)13(14)17;1-2-8-9(15)10(16)11(18-8)6-3-7(12(13)17)5-14-4-6;1-2-5-8(18)6(12)11(19-5)17-4-16-7-9(13)14-3-15-10(7)17;1-2-5-6(13)7(14)8(16-5)10-12-4(3-17-10)9(11)15/h3-6,9-12,15-16H,2H2,1H3,(H2,14,17);3-5,8-11,15-16H,2H2,1H3,(H2,13,17);3-6,8,11,18H,2H2,1H3,(H2,13,14,15);3,5-8,13-14H,2H2,1H3,(H2,11,15)/t9-,10+,11?,12+;8-,9+,10?,11+;5-,6?,8+,11-;5-,6+,7?,8-/m1111/s1. The second-order valence-electron chi connectivity index (χ2n) is 17.2. The van der Waals surface area contributed by atoms with E-state index in [-0.39, 0.29) is 23.2 Å². The lowest BCUT2D eigenvalue weighted by Crippen LogP contribution is -2.30. The minimum Gasteiger partial charge on any atom is -0.388 e. The molecule has 5 aromatic rings. The number of halogens is 1. The lowest BCUT2D eigenvalue weighted by Gasteiger charge is -2.15. The van der Waals surface area contributed by atoms with E-state index in [9.17, 15) is 54.5 Å². The number of fused-ring (bicyclic) bond motifs is 1. The number of anilines is 1. The van der Waals surface area contributed by atoms with Crippen molar-refractivity contribution >= 4 is 46.0 Å². The summed E-state index contributed by atoms with van der Waals surface area (Å²) in [4.78, 5) is 52.9. The van der Waals surface area contributed by atoms with Crippen LogP contribution in [0.2, 0.25) is 0 Å². The molecule has 4 aromatic heterocycles. The number of hydrogen-bond donors (Lipinski definition) is 11. The van der Waals surface area contributed by atoms with E-state index in [0.29, 0.717) is 58.5 Å². The maximum atomic E-state index is 14.1. The molecule has 4 saturated heterocycles. The summed E-state index contributed by atoms with van der Waals surface area (Å²) in [6.07, 6.45) is -5.29. The van der Waals surface area contributed by atoms with E-state index in [0.717, 1.165) is 0 Å². The monoisotopic (exact) mass is 1030 g/mol. The first-order chi connectivity index (χ1) is 34.3. The number of pyridine rings is 1. The number of aliphatic hydroxyl groups is 7. The average Bonchev–Trinajstić information content (AvgIpc) is 4.24. The molecule has 24 nitrogen and oxygen atoms in total. The molecule has 3 amide bonds. The molecule has 72 heavy (non-hydrogen) atoms. The van der Waals surface area contributed by atoms with Gasteiger partial charge in [-0.25, -0.2) is 24.3 Å². The summed E-state index contributed by atoms with van der Waals surface area (Å²) in [6.45, 7) is 7.43. The third-order valence-electron chi connectivity index (χ3n) is 12.5. The van der Waals surface area contributed by atoms with Crippen LogP contribution in [0, 0.1) is 0 Å². The Labute approximate surface area is 415 Å². The van der Waals surface area contributed by atoms with Gasteiger partial charge in [0.25, 0.3) is 5.91 Å². The Balaban J connectivity index is 0.000000157. The molecule has 4 unspecified atom stereocenters. The Morgan fingerprint density at radius 3 is 1.69 bits per heavy atom. The molecular formula is C46H61FN10O14S. The zero-order valence-corrected chi connectivity index (χ0v) is 40.4. The molecule has 4 fully saturated rings. The van der Waals surface area contributed by atoms with Gasteiger partial charge in [-0.3, -0.25) is 23.9 Å². The number of hydrogen-bond acceptors (Lipinski definition) is 21. The predicted octanol–water partition coefficient (Wildman–Crippen LogP) is 0.338. The lowest BCUT2D eigenvalue weighted by atomic mass is 9.99. The largest absolute Gasteiger partial charge is 0.388 e. The zero-order chi connectivity index (χ0) is 52.7. The fourth-order valence-corrected chi connectivity index (χ4v) is 9.37. The molecule has 26 heteroatoms. The van der Waals surface area contributed by atoms with Gasteiger partial charge in [-0.15, -0.1) is 11.3 Å². The Morgan fingerprint density at radius 2 is 1.18 bits per heavy atom. The number of amides is 3. The number of imidazole rings is 1. The normalized spacial score (nSPS) is 31.7. The van der Waals surface area contributed by atoms with Crippen LogP contribution in [0.1, 0.15) is 125 Å². The SMILES string of the molecule is CC[C@H]1O[C@@H](c2cccc(C(N)=O)c2)C(O)[C@H]1O.CC[C@H]1O[C@@H](c2cncc(C(N)=O)c2)C(O)[C@H]1O.CC[C@H]1O[C@@H](c2nc(C(N)=O)cs2)C(O)[C@H]1O.CC[C@H]1O[C@@H](n2cnc3c(N)ncnc32)C(F)[C@H]1O. The first kappa shape index (κ1) is 55.6. The zero-order valence-electron chi connectivity index (χ0n) is 39.6. The third kappa shape index (κ3) is 12.0. The van der Waals surface area contributed by atoms with E-state index in [1.54, 1.807) is 24.3 Å². The number of aliphatic hydroxyl groups excluding tert-OH is 7. The predicted molar refractivity (Wildman–Crippen MR) is 253 cm³/mol. The van der Waals surface area contributed by atoms with Crippen molar-refractivity contribution in [1.29, 1.82) is 0 Å². The van der Waals surface area contributed by atoms with Crippen LogP contribution in [0.4, 0.5) is 10.2 Å². The van der Waals surface area contributed by atoms with E-state index in [4.69, 9.17) is 41.9 Å². The molecule has 0 bridgehead atoms. The van der Waals surface area contributed by atoms with Gasteiger partial charge < -0.3 is 77.6 Å². The van der Waals surface area contributed by atoms with Gasteiger partial charge in [0, 0.05) is 28.9 Å². The number of nitrogen functional groups attached to an aromatic ring is 1. The molecule has 0 saturated carbocycles. The van der Waals surface area contributed by atoms with Crippen molar-refractivity contribution in [3.8, 4) is 0 Å². The number of benzene rings is 1. The van der Waals surface area contributed by atoms with Gasteiger partial charge in [-0.05, 0) is 49.4 Å². The summed E-state index contributed by atoms with van der Waals surface area (Å²) in [7, 11) is 0. The number of thiazole rings is 1. The van der Waals surface area contributed by atoms with E-state index in [1.165, 1.54) is 52.4 Å². The minimum atomic E-state index is -1.53. The number of carbonyl (C=O) groups excluding carboxylic acids is 3. The molecule has 16 atom stereocenters. The first-order valence-electron chi connectivity index (χ1n) is 23.1. The maximum Gasteiger partial charge on any atom is 0.268 e. The summed E-state index contributed by atoms with van der Waals surface area (Å²) < 4.78 is 37.8. The molecule has 4 aliphatic heterocycles. The smallest absolute Gasteiger partial charge is 0.268 e. The maximum absolute atomic E-state index is 14.1. The highest BCUT2D eigenvalue weighted by molar-refractivity contribution is 7.09. The molecule has 9 rings (SSSR count). The number of alkyl halides is 1. The summed E-state index contributed by atoms with van der Waals surface area (Å²) in [5.74, 6) is -1.52. The topological polar surface area (TPSA) is 403 Å². The number of aromatic nitrogens is 6. The summed E-state index contributed by atoms with van der Waals surface area (Å²) >= 11 is 1.19. The highest BCUT2D eigenvalue weighted by Crippen LogP contribution is 2.38. The van der Waals surface area contributed by atoms with E-state index < -0.39 is 109 Å². The summed E-state index contributed by atoms with van der Waals surface area (Å²) in [5.41, 5.74) is 23.9. The number of ether oxygens (including phenoxy) is 4. The molecule has 0 radical (unpaired) electrons. The second kappa shape index (κ2) is 24.3. The van der Waals surface area contributed by atoms with Gasteiger partial charge in [0.15, 0.2) is 23.9 Å². The van der Waals surface area contributed by atoms with Crippen LogP contribution in [-0.2, 0) is 18.9 Å². The average molecular weight is 1030 g/mol. The van der Waals surface area contributed by atoms with Gasteiger partial charge in [0.2, 0.25) is 11.8 Å². The minimum absolute atomic E-state index is 0.148. The van der Waals surface area contributed by atoms with E-state index in [1.807, 2.05) is 27.7 Å². The van der Waals surface area contributed by atoms with Crippen LogP contribution >= 0.6 is 11.3 Å². The molecular weight excluding hydrogens is 968 g/mol. The van der Waals surface area contributed by atoms with Gasteiger partial charge >= 0.3 is 0 Å². The van der Waals surface area contributed by atoms with Crippen molar-refractivity contribution in [3.63, 3.8) is 0 Å². The van der Waals surface area contributed by atoms with Gasteiger partial charge in [-0.2, -0.15) is 0 Å². The fourth-order valence-electron chi connectivity index (χ4n) is 8.48. The highest BCUT2D eigenvalue weighted by atomic mass is 32.1. The van der Waals surface area contributed by atoms with Gasteiger partial charge in [0.1, 0.15) is 83.6 Å². The van der Waals surface area contributed by atoms with Gasteiger partial charge in [-0.1, -0.05) is 39.8 Å². The number of rotatable bonds is 11.